The molecule has 0 spiro atoms. The summed E-state index contributed by atoms with van der Waals surface area (Å²) in [5.74, 6) is 0.563. The third-order valence-corrected chi connectivity index (χ3v) is 5.46. The van der Waals surface area contributed by atoms with Crippen molar-refractivity contribution in [3.05, 3.63) is 65.5 Å². The summed E-state index contributed by atoms with van der Waals surface area (Å²) >= 11 is 5.84. The predicted octanol–water partition coefficient (Wildman–Crippen LogP) is 5.79. The van der Waals surface area contributed by atoms with Crippen molar-refractivity contribution in [1.82, 2.24) is 0 Å². The minimum Gasteiger partial charge on any atom is -0.488 e. The van der Waals surface area contributed by atoms with Gasteiger partial charge in [-0.15, -0.1) is 11.6 Å². The summed E-state index contributed by atoms with van der Waals surface area (Å²) in [5.41, 5.74) is 2.07. The first-order valence-electron chi connectivity index (χ1n) is 8.83. The zero-order chi connectivity index (χ0) is 19.9. The molecule has 0 heterocycles. The van der Waals surface area contributed by atoms with Crippen molar-refractivity contribution >= 4 is 41.8 Å². The van der Waals surface area contributed by atoms with E-state index in [0.29, 0.717) is 42.4 Å². The summed E-state index contributed by atoms with van der Waals surface area (Å²) in [7, 11) is -1.46. The predicted molar refractivity (Wildman–Crippen MR) is 122 cm³/mol. The van der Waals surface area contributed by atoms with Crippen LogP contribution in [0.3, 0.4) is 0 Å². The van der Waals surface area contributed by atoms with Crippen LogP contribution in [-0.4, -0.2) is 20.5 Å². The molecule has 0 fully saturated rings. The van der Waals surface area contributed by atoms with E-state index in [2.05, 4.69) is 4.40 Å². The Balaban J connectivity index is 0.00000392. The van der Waals surface area contributed by atoms with E-state index in [1.807, 2.05) is 51.1 Å². The van der Waals surface area contributed by atoms with Gasteiger partial charge in [-0.05, 0) is 57.4 Å². The smallest absolute Gasteiger partial charge is 0.145 e. The average Bonchev–Trinajstić information content (AvgIpc) is 2.64. The number of hydrogen-bond donors (Lipinski definition) is 0. The summed E-state index contributed by atoms with van der Waals surface area (Å²) in [4.78, 5) is 0. The number of hydrogen-bond acceptors (Lipinski definition) is 2. The number of rotatable bonds is 8. The van der Waals surface area contributed by atoms with Gasteiger partial charge in [0.05, 0.1) is 10.5 Å². The molecule has 0 unspecified atom stereocenters. The Labute approximate surface area is 181 Å². The van der Waals surface area contributed by atoms with Crippen LogP contribution in [0.25, 0.3) is 0 Å². The molecule has 0 bridgehead atoms. The first kappa shape index (κ1) is 24.7. The highest BCUT2D eigenvalue weighted by atomic mass is 35.5. The van der Waals surface area contributed by atoms with Crippen LogP contribution in [0.15, 0.2) is 52.9 Å². The van der Waals surface area contributed by atoms with Gasteiger partial charge in [-0.25, -0.2) is 8.60 Å². The fraction of sp³-hybridized carbons (Fsp3) is 0.381. The lowest BCUT2D eigenvalue weighted by molar-refractivity contribution is 0.305. The van der Waals surface area contributed by atoms with Crippen LogP contribution in [-0.2, 0) is 17.6 Å². The largest absolute Gasteiger partial charge is 0.488 e. The van der Waals surface area contributed by atoms with Crippen LogP contribution >= 0.6 is 25.1 Å². The number of ether oxygens (including phenoxy) is 1. The van der Waals surface area contributed by atoms with Gasteiger partial charge < -0.3 is 4.74 Å². The first-order valence-corrected chi connectivity index (χ1v) is 10.5. The molecule has 1 atom stereocenters. The topological polar surface area (TPSA) is 38.7 Å². The lowest BCUT2D eigenvalue weighted by Gasteiger charge is -2.17. The summed E-state index contributed by atoms with van der Waals surface area (Å²) in [6.45, 7) is 5.91. The van der Waals surface area contributed by atoms with Gasteiger partial charge in [-0.1, -0.05) is 30.3 Å². The Morgan fingerprint density at radius 1 is 1.18 bits per heavy atom. The Morgan fingerprint density at radius 3 is 2.46 bits per heavy atom. The molecular weight excluding hydrogens is 417 g/mol. The van der Waals surface area contributed by atoms with Gasteiger partial charge in [0.1, 0.15) is 29.2 Å². The molecule has 3 nitrogen and oxygen atoms in total. The van der Waals surface area contributed by atoms with Crippen LogP contribution in [0.1, 0.15) is 44.7 Å². The van der Waals surface area contributed by atoms with Crippen LogP contribution in [0.5, 0.6) is 5.75 Å². The molecule has 2 rings (SSSR count). The van der Waals surface area contributed by atoms with E-state index >= 15 is 0 Å². The van der Waals surface area contributed by atoms with Crippen molar-refractivity contribution in [2.75, 3.05) is 5.88 Å². The molecule has 154 valence electrons. The molecule has 0 amide bonds. The van der Waals surface area contributed by atoms with Gasteiger partial charge in [-0.2, -0.15) is 17.9 Å². The molecule has 0 saturated heterocycles. The molecule has 28 heavy (non-hydrogen) atoms. The Morgan fingerprint density at radius 2 is 1.86 bits per heavy atom. The minimum absolute atomic E-state index is 0. The fourth-order valence-electron chi connectivity index (χ4n) is 2.29. The van der Waals surface area contributed by atoms with Crippen molar-refractivity contribution in [1.29, 1.82) is 0 Å². The third-order valence-electron chi connectivity index (χ3n) is 3.75. The minimum atomic E-state index is -1.46. The molecular formula is C21H27ClFNO2S2. The molecule has 7 heteroatoms. The van der Waals surface area contributed by atoms with Gasteiger partial charge in [0.15, 0.2) is 0 Å². The quantitative estimate of drug-likeness (QED) is 0.382. The lowest BCUT2D eigenvalue weighted by atomic mass is 10.0. The second-order valence-corrected chi connectivity index (χ2v) is 9.39. The van der Waals surface area contributed by atoms with E-state index in [0.717, 1.165) is 5.56 Å². The zero-order valence-electron chi connectivity index (χ0n) is 16.4. The maximum absolute atomic E-state index is 14.0. The molecule has 0 N–H and O–H groups in total. The third kappa shape index (κ3) is 7.57. The van der Waals surface area contributed by atoms with Crippen LogP contribution in [0.2, 0.25) is 0 Å². The van der Waals surface area contributed by atoms with E-state index in [1.165, 1.54) is 12.1 Å². The molecule has 0 radical (unpaired) electrons. The van der Waals surface area contributed by atoms with Gasteiger partial charge in [0.2, 0.25) is 0 Å². The monoisotopic (exact) mass is 443 g/mol. The second kappa shape index (κ2) is 11.6. The van der Waals surface area contributed by atoms with Crippen molar-refractivity contribution in [3.63, 3.8) is 0 Å². The Bertz CT molecular complexity index is 808. The van der Waals surface area contributed by atoms with E-state index in [-0.39, 0.29) is 13.5 Å². The molecule has 0 aliphatic carbocycles. The highest BCUT2D eigenvalue weighted by molar-refractivity contribution is 7.85. The highest BCUT2D eigenvalue weighted by Crippen LogP contribution is 2.25. The van der Waals surface area contributed by atoms with E-state index in [1.54, 1.807) is 6.07 Å². The molecule has 0 aromatic heterocycles. The number of halogens is 2. The van der Waals surface area contributed by atoms with Crippen LogP contribution in [0.4, 0.5) is 4.39 Å². The number of alkyl halides is 1. The average molecular weight is 444 g/mol. The van der Waals surface area contributed by atoms with E-state index in [4.69, 9.17) is 16.3 Å². The number of benzene rings is 2. The zero-order valence-corrected chi connectivity index (χ0v) is 18.9. The molecule has 2 aromatic carbocycles. The maximum atomic E-state index is 14.0. The van der Waals surface area contributed by atoms with Crippen molar-refractivity contribution in [2.24, 2.45) is 4.40 Å². The standard InChI is InChI=1S/C21H25ClFNO2S.H2S/c1-21(2,3)27(25)24-19(10-7-13-22)18-14-17(23)11-12-20(18)26-15-16-8-5-4-6-9-16;/h4-6,8-9,11-12,14H,7,10,13,15H2,1-3H3;1H2/t27-;/m0./s1. The van der Waals surface area contributed by atoms with Gasteiger partial charge in [-0.3, -0.25) is 0 Å². The molecule has 2 aromatic rings. The van der Waals surface area contributed by atoms with E-state index in [9.17, 15) is 8.60 Å². The molecule has 0 saturated carbocycles. The summed E-state index contributed by atoms with van der Waals surface area (Å²) in [6.07, 6.45) is 1.15. The Hall–Kier alpha value is -1.37. The normalized spacial score (nSPS) is 13.0. The van der Waals surface area contributed by atoms with Crippen LogP contribution in [0, 0.1) is 5.82 Å². The SMILES string of the molecule is CC(C)(C)[S@](=O)N=C(CCCCl)c1cc(F)ccc1OCc1ccccc1.S. The second-order valence-electron chi connectivity index (χ2n) is 7.11. The van der Waals surface area contributed by atoms with E-state index < -0.39 is 21.5 Å². The fourth-order valence-corrected chi connectivity index (χ4v) is 3.09. The van der Waals surface area contributed by atoms with Gasteiger partial charge in [0, 0.05) is 11.4 Å². The lowest BCUT2D eigenvalue weighted by Crippen LogP contribution is -2.21. The van der Waals surface area contributed by atoms with Gasteiger partial charge >= 0.3 is 0 Å². The maximum Gasteiger partial charge on any atom is 0.145 e. The van der Waals surface area contributed by atoms with Gasteiger partial charge in [0.25, 0.3) is 0 Å². The summed E-state index contributed by atoms with van der Waals surface area (Å²) in [6, 6.07) is 14.0. The Kier molecular flexibility index (Phi) is 10.2. The first-order chi connectivity index (χ1) is 12.8. The highest BCUT2D eigenvalue weighted by Gasteiger charge is 2.21. The molecule has 0 aliphatic heterocycles. The van der Waals surface area contributed by atoms with Crippen molar-refractivity contribution in [2.45, 2.75) is 45.0 Å². The molecule has 0 aliphatic rings. The van der Waals surface area contributed by atoms with Crippen molar-refractivity contribution in [3.8, 4) is 5.75 Å². The van der Waals surface area contributed by atoms with Crippen LogP contribution < -0.4 is 4.74 Å². The summed E-state index contributed by atoms with van der Waals surface area (Å²) < 4.78 is 36.3. The number of nitrogens with zero attached hydrogens (tertiary/aromatic N) is 1. The van der Waals surface area contributed by atoms with Crippen molar-refractivity contribution < 1.29 is 13.3 Å². The summed E-state index contributed by atoms with van der Waals surface area (Å²) in [5, 5.41) is 0.